The molecular weight excluding hydrogens is 988 g/mol. The van der Waals surface area contributed by atoms with Crippen LogP contribution < -0.4 is 15.6 Å². The number of carbonyl (C=O) groups excluding carboxylic acids is 2. The molecule has 0 bridgehead atoms. The van der Waals surface area contributed by atoms with Crippen LogP contribution in [0.25, 0.3) is 53.3 Å². The first-order chi connectivity index (χ1) is 34.2. The van der Waals surface area contributed by atoms with Crippen molar-refractivity contribution in [2.24, 2.45) is 15.9 Å². The number of benzene rings is 6. The molecule has 4 heterocycles. The van der Waals surface area contributed by atoms with Gasteiger partial charge in [-0.25, -0.2) is 15.0 Å². The zero-order valence-corrected chi connectivity index (χ0v) is 45.5. The SMILES string of the molecule is CCCCC(CC)C[S-].Cc1ccccc1C(=O)NC1=N/C(=N\c2[n-]c(NC(=O)c3ccccc3C)c(-c3nc4ccccc4s3)c2-c2ccccc2)C(c2ccccc2)=C1c1nc2ccccc2s1.[Zn+2]. The largest absolute Gasteiger partial charge is 2.00 e. The normalized spacial score (nSPS) is 13.1. The van der Waals surface area contributed by atoms with Gasteiger partial charge in [-0.15, -0.1) is 22.7 Å². The molecule has 350 valence electrons. The monoisotopic (exact) mass is 1040 g/mol. The number of aliphatic imine (C=N–C) groups is 2. The number of aryl methyl sites for hydroxylation is 2. The third-order valence-corrected chi connectivity index (χ3v) is 14.8. The van der Waals surface area contributed by atoms with Gasteiger partial charge < -0.3 is 33.2 Å². The number of hydrogen-bond acceptors (Lipinski definition) is 8. The van der Waals surface area contributed by atoms with Crippen molar-refractivity contribution >= 4 is 102 Å². The fourth-order valence-electron chi connectivity index (χ4n) is 8.37. The number of para-hydroxylation sites is 2. The standard InChI is InChI=1S/C50H35N7O2S2.C8H18S.Zn/c1-29-17-9-11-23-33(29)47(58)56-45-41(49-51-35-25-13-15-27-37(35)60-49)39(31-19-5-3-6-20-31)43(54-45)53-44-40(32-21-7-4-8-22-32)42(50-52-36-26-14-16-28-38(36)61-50)46(55-44)57-48(59)34-24-12-10-18-30(34)2;1-3-5-6-8(4-2)7-9;/h3-28H,1-2H3,(H3,51,52,53,54,55,56,57,58,59);8-9H,3-7H2,1-2H3;/q;;+2/p-2. The van der Waals surface area contributed by atoms with E-state index in [-0.39, 0.29) is 31.3 Å². The fourth-order valence-corrected chi connectivity index (χ4v) is 10.8. The molecule has 2 amide bonds. The molecule has 9 nitrogen and oxygen atoms in total. The number of carbonyl (C=O) groups is 2. The van der Waals surface area contributed by atoms with Crippen molar-refractivity contribution in [1.82, 2.24) is 20.3 Å². The zero-order chi connectivity index (χ0) is 48.6. The summed E-state index contributed by atoms with van der Waals surface area (Å²) in [6.07, 6.45) is 5.28. The maximum Gasteiger partial charge on any atom is 2.00 e. The van der Waals surface area contributed by atoms with Crippen molar-refractivity contribution in [3.63, 3.8) is 0 Å². The minimum absolute atomic E-state index is 0. The molecule has 13 heteroatoms. The van der Waals surface area contributed by atoms with E-state index in [2.05, 4.69) is 24.5 Å². The van der Waals surface area contributed by atoms with Crippen molar-refractivity contribution < 1.29 is 29.1 Å². The van der Waals surface area contributed by atoms with Gasteiger partial charge in [0.1, 0.15) is 15.9 Å². The maximum absolute atomic E-state index is 14.1. The second kappa shape index (κ2) is 23.5. The van der Waals surface area contributed by atoms with Crippen molar-refractivity contribution in [3.8, 4) is 21.7 Å². The van der Waals surface area contributed by atoms with Crippen LogP contribution in [0.5, 0.6) is 0 Å². The first-order valence-corrected chi connectivity index (χ1v) is 25.7. The van der Waals surface area contributed by atoms with E-state index in [0.29, 0.717) is 66.7 Å². The number of aromatic nitrogens is 3. The zero-order valence-electron chi connectivity index (χ0n) is 40.1. The molecule has 0 aliphatic carbocycles. The predicted octanol–water partition coefficient (Wildman–Crippen LogP) is 14.3. The predicted molar refractivity (Wildman–Crippen MR) is 295 cm³/mol. The Hall–Kier alpha value is -6.63. The number of rotatable bonds is 13. The Morgan fingerprint density at radius 1 is 0.634 bits per heavy atom. The van der Waals surface area contributed by atoms with E-state index in [4.69, 9.17) is 37.6 Å². The van der Waals surface area contributed by atoms with Gasteiger partial charge in [-0.2, -0.15) is 5.75 Å². The number of amides is 2. The number of fused-ring (bicyclic) bond motifs is 2. The molecule has 0 radical (unpaired) electrons. The summed E-state index contributed by atoms with van der Waals surface area (Å²) < 4.78 is 1.98. The van der Waals surface area contributed by atoms with E-state index in [0.717, 1.165) is 54.4 Å². The van der Waals surface area contributed by atoms with Crippen molar-refractivity contribution in [1.29, 1.82) is 0 Å². The van der Waals surface area contributed by atoms with Crippen LogP contribution in [-0.2, 0) is 32.1 Å². The molecular formula is C58H51N7O2S3Zn. The van der Waals surface area contributed by atoms with Gasteiger partial charge in [-0.3, -0.25) is 9.59 Å². The molecule has 6 aromatic carbocycles. The number of thiazole rings is 2. The van der Waals surface area contributed by atoms with Crippen LogP contribution in [0.3, 0.4) is 0 Å². The molecule has 0 saturated carbocycles. The summed E-state index contributed by atoms with van der Waals surface area (Å²) in [5.41, 5.74) is 8.65. The van der Waals surface area contributed by atoms with Gasteiger partial charge in [0, 0.05) is 39.5 Å². The number of nitrogens with one attached hydrogen (secondary N) is 2. The third kappa shape index (κ3) is 11.3. The smallest absolute Gasteiger partial charge is 0.792 e. The minimum atomic E-state index is -0.306. The topological polar surface area (TPSA) is 123 Å². The number of amidine groups is 2. The number of hydrogen-bond donors (Lipinski definition) is 2. The summed E-state index contributed by atoms with van der Waals surface area (Å²) in [5.74, 6) is 2.44. The van der Waals surface area contributed by atoms with Gasteiger partial charge >= 0.3 is 19.5 Å². The van der Waals surface area contributed by atoms with Crippen LogP contribution in [0, 0.1) is 19.8 Å². The van der Waals surface area contributed by atoms with Crippen LogP contribution >= 0.6 is 22.7 Å². The summed E-state index contributed by atoms with van der Waals surface area (Å²) in [7, 11) is 0. The summed E-state index contributed by atoms with van der Waals surface area (Å²) in [6, 6.07) is 50.5. The van der Waals surface area contributed by atoms with E-state index in [9.17, 15) is 9.59 Å². The molecule has 1 aliphatic rings. The second-order valence-corrected chi connectivity index (χ2v) is 19.4. The minimum Gasteiger partial charge on any atom is -0.792 e. The van der Waals surface area contributed by atoms with Gasteiger partial charge in [-0.1, -0.05) is 173 Å². The number of nitrogens with zero attached hydrogens (tertiary/aromatic N) is 5. The quantitative estimate of drug-likeness (QED) is 0.0876. The van der Waals surface area contributed by atoms with Crippen molar-refractivity contribution in [2.75, 3.05) is 11.1 Å². The third-order valence-electron chi connectivity index (χ3n) is 12.2. The number of anilines is 1. The molecule has 71 heavy (non-hydrogen) atoms. The van der Waals surface area contributed by atoms with Crippen LogP contribution in [-0.4, -0.2) is 39.2 Å². The Bertz CT molecular complexity index is 3360. The summed E-state index contributed by atoms with van der Waals surface area (Å²) in [6.45, 7) is 8.27. The number of unbranched alkanes of at least 4 members (excludes halogenated alkanes) is 1. The molecule has 1 atom stereocenters. The summed E-state index contributed by atoms with van der Waals surface area (Å²) >= 11 is 8.02. The molecule has 0 saturated heterocycles. The average Bonchev–Trinajstić information content (AvgIpc) is 4.18. The van der Waals surface area contributed by atoms with E-state index in [1.54, 1.807) is 12.1 Å². The van der Waals surface area contributed by atoms with Crippen LogP contribution in [0.15, 0.2) is 168 Å². The first kappa shape index (κ1) is 50.8. The van der Waals surface area contributed by atoms with Gasteiger partial charge in [0.15, 0.2) is 0 Å². The second-order valence-electron chi connectivity index (χ2n) is 17.0. The van der Waals surface area contributed by atoms with Gasteiger partial charge in [0.2, 0.25) is 5.91 Å². The molecule has 2 N–H and O–H groups in total. The summed E-state index contributed by atoms with van der Waals surface area (Å²) in [4.78, 5) is 54.0. The molecule has 10 rings (SSSR count). The molecule has 3 aromatic heterocycles. The Morgan fingerprint density at radius 3 is 1.72 bits per heavy atom. The van der Waals surface area contributed by atoms with Gasteiger partial charge in [-0.05, 0) is 66.4 Å². The molecule has 9 aromatic rings. The Kier molecular flexibility index (Phi) is 16.8. The van der Waals surface area contributed by atoms with Crippen molar-refractivity contribution in [3.05, 3.63) is 191 Å². The maximum atomic E-state index is 14.1. The van der Waals surface area contributed by atoms with Gasteiger partial charge in [0.25, 0.3) is 5.91 Å². The molecule has 1 aliphatic heterocycles. The van der Waals surface area contributed by atoms with E-state index >= 15 is 0 Å². The van der Waals surface area contributed by atoms with Crippen molar-refractivity contribution in [2.45, 2.75) is 53.4 Å². The first-order valence-electron chi connectivity index (χ1n) is 23.5. The molecule has 0 spiro atoms. The average molecular weight is 1040 g/mol. The van der Waals surface area contributed by atoms with Crippen LogP contribution in [0.4, 0.5) is 11.6 Å². The Balaban J connectivity index is 0.000000618. The Morgan fingerprint density at radius 2 is 1.15 bits per heavy atom. The van der Waals surface area contributed by atoms with E-state index in [1.807, 2.05) is 159 Å². The molecule has 0 fully saturated rings. The fraction of sp³-hybridized carbons (Fsp3) is 0.172. The van der Waals surface area contributed by atoms with Crippen LogP contribution in [0.2, 0.25) is 0 Å². The van der Waals surface area contributed by atoms with Gasteiger partial charge in [0.05, 0.1) is 31.8 Å². The summed E-state index contributed by atoms with van der Waals surface area (Å²) in [5, 5.41) is 7.65. The molecule has 1 unspecified atom stereocenters. The Labute approximate surface area is 440 Å². The van der Waals surface area contributed by atoms with E-state index < -0.39 is 0 Å². The van der Waals surface area contributed by atoms with E-state index in [1.165, 1.54) is 48.4 Å². The van der Waals surface area contributed by atoms with Crippen LogP contribution in [0.1, 0.15) is 81.9 Å².